The highest BCUT2D eigenvalue weighted by atomic mass is 32.1. The number of hydrogen-bond acceptors (Lipinski definition) is 6. The fraction of sp³-hybridized carbons (Fsp3) is 0.458. The quantitative estimate of drug-likeness (QED) is 0.589. The molecule has 1 aromatic heterocycles. The van der Waals surface area contributed by atoms with E-state index in [1.54, 1.807) is 13.0 Å². The van der Waals surface area contributed by atoms with Crippen LogP contribution in [0.25, 0.3) is 10.4 Å². The summed E-state index contributed by atoms with van der Waals surface area (Å²) in [6.07, 6.45) is 5.22. The predicted octanol–water partition coefficient (Wildman–Crippen LogP) is 4.90. The lowest BCUT2D eigenvalue weighted by Gasteiger charge is -2.20. The van der Waals surface area contributed by atoms with Gasteiger partial charge in [0.15, 0.2) is 6.61 Å². The first kappa shape index (κ1) is 21.6. The van der Waals surface area contributed by atoms with E-state index in [9.17, 15) is 14.4 Å². The van der Waals surface area contributed by atoms with E-state index in [1.165, 1.54) is 30.6 Å². The molecule has 2 saturated carbocycles. The molecular formula is C24H27NO5S. The number of rotatable bonds is 8. The standard InChI is InChI=1S/C24H27NO5S/c1-2-29-24(28)23-19(13-20(31-23)16-6-4-3-5-7-16)25-21(26)14-30-22(27)12-18-11-15-8-9-17(18)10-15/h3-7,13,15,17-18H,2,8-12,14H2,1H3,(H,25,26)/t15-,17-,18-/m1/s1. The summed E-state index contributed by atoms with van der Waals surface area (Å²) >= 11 is 1.26. The van der Waals surface area contributed by atoms with E-state index in [2.05, 4.69) is 5.32 Å². The zero-order valence-corrected chi connectivity index (χ0v) is 18.4. The summed E-state index contributed by atoms with van der Waals surface area (Å²) in [5.74, 6) is 0.525. The van der Waals surface area contributed by atoms with Crippen molar-refractivity contribution in [2.75, 3.05) is 18.5 Å². The van der Waals surface area contributed by atoms with Gasteiger partial charge >= 0.3 is 11.9 Å². The highest BCUT2D eigenvalue weighted by Gasteiger charge is 2.40. The predicted molar refractivity (Wildman–Crippen MR) is 119 cm³/mol. The number of benzene rings is 1. The number of thiophene rings is 1. The molecule has 7 heteroatoms. The number of amides is 1. The molecule has 0 unspecified atom stereocenters. The Kier molecular flexibility index (Phi) is 6.70. The van der Waals surface area contributed by atoms with Crippen molar-refractivity contribution in [3.05, 3.63) is 41.3 Å². The lowest BCUT2D eigenvalue weighted by molar-refractivity contribution is -0.148. The maximum atomic E-state index is 12.4. The van der Waals surface area contributed by atoms with Gasteiger partial charge in [-0.05, 0) is 55.6 Å². The molecule has 1 aromatic carbocycles. The first-order chi connectivity index (χ1) is 15.0. The Labute approximate surface area is 185 Å². The molecule has 164 valence electrons. The number of esters is 2. The molecule has 0 aliphatic heterocycles. The van der Waals surface area contributed by atoms with Crippen LogP contribution in [0.4, 0.5) is 5.69 Å². The summed E-state index contributed by atoms with van der Waals surface area (Å²) in [6, 6.07) is 11.4. The largest absolute Gasteiger partial charge is 0.462 e. The second kappa shape index (κ2) is 9.64. The fourth-order valence-electron chi connectivity index (χ4n) is 4.81. The Morgan fingerprint density at radius 1 is 1.10 bits per heavy atom. The van der Waals surface area contributed by atoms with Crippen LogP contribution in [0.15, 0.2) is 36.4 Å². The summed E-state index contributed by atoms with van der Waals surface area (Å²) in [5, 5.41) is 2.71. The Hall–Kier alpha value is -2.67. The van der Waals surface area contributed by atoms with Gasteiger partial charge in [-0.15, -0.1) is 11.3 Å². The van der Waals surface area contributed by atoms with Crippen molar-refractivity contribution in [1.82, 2.24) is 0 Å². The molecule has 1 amide bonds. The van der Waals surface area contributed by atoms with Crippen molar-refractivity contribution >= 4 is 34.9 Å². The van der Waals surface area contributed by atoms with E-state index in [4.69, 9.17) is 9.47 Å². The van der Waals surface area contributed by atoms with Crippen molar-refractivity contribution in [1.29, 1.82) is 0 Å². The first-order valence-corrected chi connectivity index (χ1v) is 11.7. The number of fused-ring (bicyclic) bond motifs is 2. The number of anilines is 1. The van der Waals surface area contributed by atoms with Crippen molar-refractivity contribution in [2.24, 2.45) is 17.8 Å². The minimum absolute atomic E-state index is 0.241. The van der Waals surface area contributed by atoms with Crippen molar-refractivity contribution in [2.45, 2.75) is 39.0 Å². The minimum Gasteiger partial charge on any atom is -0.462 e. The zero-order valence-electron chi connectivity index (χ0n) is 17.6. The van der Waals surface area contributed by atoms with Crippen LogP contribution < -0.4 is 5.32 Å². The van der Waals surface area contributed by atoms with Gasteiger partial charge in [-0.2, -0.15) is 0 Å². The molecular weight excluding hydrogens is 414 g/mol. The monoisotopic (exact) mass is 441 g/mol. The van der Waals surface area contributed by atoms with Crippen LogP contribution in [-0.4, -0.2) is 31.1 Å². The average Bonchev–Trinajstić information content (AvgIpc) is 3.49. The van der Waals surface area contributed by atoms with Crippen molar-refractivity contribution in [3.63, 3.8) is 0 Å². The smallest absolute Gasteiger partial charge is 0.350 e. The Morgan fingerprint density at radius 3 is 2.58 bits per heavy atom. The Balaban J connectivity index is 1.36. The van der Waals surface area contributed by atoms with Gasteiger partial charge in [0.25, 0.3) is 5.91 Å². The van der Waals surface area contributed by atoms with Crippen LogP contribution in [-0.2, 0) is 19.1 Å². The molecule has 6 nitrogen and oxygen atoms in total. The highest BCUT2D eigenvalue weighted by Crippen LogP contribution is 2.49. The molecule has 0 saturated heterocycles. The summed E-state index contributed by atoms with van der Waals surface area (Å²) in [5.41, 5.74) is 1.31. The van der Waals surface area contributed by atoms with Crippen molar-refractivity contribution < 1.29 is 23.9 Å². The third-order valence-electron chi connectivity index (χ3n) is 6.20. The van der Waals surface area contributed by atoms with Crippen LogP contribution in [0.5, 0.6) is 0 Å². The van der Waals surface area contributed by atoms with E-state index < -0.39 is 11.9 Å². The maximum Gasteiger partial charge on any atom is 0.350 e. The second-order valence-electron chi connectivity index (χ2n) is 8.29. The lowest BCUT2D eigenvalue weighted by atomic mass is 9.86. The van der Waals surface area contributed by atoms with Crippen LogP contribution in [0.3, 0.4) is 0 Å². The van der Waals surface area contributed by atoms with Gasteiger partial charge in [0, 0.05) is 11.3 Å². The third kappa shape index (κ3) is 5.15. The summed E-state index contributed by atoms with van der Waals surface area (Å²) in [4.78, 5) is 38.2. The molecule has 2 aliphatic carbocycles. The third-order valence-corrected chi connectivity index (χ3v) is 7.37. The van der Waals surface area contributed by atoms with Gasteiger partial charge in [-0.25, -0.2) is 4.79 Å². The summed E-state index contributed by atoms with van der Waals surface area (Å²) < 4.78 is 10.4. The maximum absolute atomic E-state index is 12.4. The van der Waals surface area contributed by atoms with E-state index in [0.717, 1.165) is 22.8 Å². The van der Waals surface area contributed by atoms with Crippen LogP contribution in [0.1, 0.15) is 48.7 Å². The number of carbonyl (C=O) groups excluding carboxylic acids is 3. The molecule has 1 N–H and O–H groups in total. The van der Waals surface area contributed by atoms with E-state index in [0.29, 0.717) is 28.8 Å². The molecule has 2 aromatic rings. The molecule has 2 fully saturated rings. The van der Waals surface area contributed by atoms with Crippen LogP contribution in [0.2, 0.25) is 0 Å². The van der Waals surface area contributed by atoms with Crippen LogP contribution >= 0.6 is 11.3 Å². The average molecular weight is 442 g/mol. The normalized spacial score (nSPS) is 21.6. The first-order valence-electron chi connectivity index (χ1n) is 10.8. The number of hydrogen-bond donors (Lipinski definition) is 1. The van der Waals surface area contributed by atoms with Gasteiger partial charge in [-0.1, -0.05) is 36.8 Å². The zero-order chi connectivity index (χ0) is 21.8. The topological polar surface area (TPSA) is 81.7 Å². The minimum atomic E-state index is -0.488. The SMILES string of the molecule is CCOC(=O)c1sc(-c2ccccc2)cc1NC(=O)COC(=O)C[C@H]1C[C@@H]2CC[C@@H]1C2. The van der Waals surface area contributed by atoms with E-state index in [1.807, 2.05) is 30.3 Å². The molecule has 2 aliphatic rings. The molecule has 2 bridgehead atoms. The summed E-state index contributed by atoms with van der Waals surface area (Å²) in [6.45, 7) is 1.61. The van der Waals surface area contributed by atoms with Crippen LogP contribution in [0, 0.1) is 17.8 Å². The fourth-order valence-corrected chi connectivity index (χ4v) is 5.82. The second-order valence-corrected chi connectivity index (χ2v) is 9.34. The number of nitrogens with one attached hydrogen (secondary N) is 1. The van der Waals surface area contributed by atoms with Gasteiger partial charge in [0.05, 0.1) is 12.3 Å². The molecule has 0 radical (unpaired) electrons. The molecule has 0 spiro atoms. The van der Waals surface area contributed by atoms with Crippen molar-refractivity contribution in [3.8, 4) is 10.4 Å². The molecule has 4 rings (SSSR count). The van der Waals surface area contributed by atoms with E-state index in [-0.39, 0.29) is 19.2 Å². The molecule has 3 atom stereocenters. The molecule has 31 heavy (non-hydrogen) atoms. The Bertz CT molecular complexity index is 954. The molecule has 1 heterocycles. The number of carbonyl (C=O) groups is 3. The summed E-state index contributed by atoms with van der Waals surface area (Å²) in [7, 11) is 0. The van der Waals surface area contributed by atoms with E-state index >= 15 is 0 Å². The van der Waals surface area contributed by atoms with Gasteiger partial charge in [0.1, 0.15) is 4.88 Å². The van der Waals surface area contributed by atoms with Gasteiger partial charge < -0.3 is 14.8 Å². The highest BCUT2D eigenvalue weighted by molar-refractivity contribution is 7.18. The number of ether oxygens (including phenoxy) is 2. The lowest BCUT2D eigenvalue weighted by Crippen LogP contribution is -2.23. The van der Waals surface area contributed by atoms with Gasteiger partial charge in [-0.3, -0.25) is 9.59 Å². The van der Waals surface area contributed by atoms with Gasteiger partial charge in [0.2, 0.25) is 0 Å². The Morgan fingerprint density at radius 2 is 1.90 bits per heavy atom.